The topological polar surface area (TPSA) is 26.3 Å². The molecule has 12 heavy (non-hydrogen) atoms. The van der Waals surface area contributed by atoms with Crippen molar-refractivity contribution in [1.82, 2.24) is 0 Å². The summed E-state index contributed by atoms with van der Waals surface area (Å²) >= 11 is 1.46. The van der Waals surface area contributed by atoms with Crippen LogP contribution in [0, 0.1) is 6.92 Å². The van der Waals surface area contributed by atoms with Crippen LogP contribution < -0.4 is 0 Å². The minimum absolute atomic E-state index is 0.218. The Hall–Kier alpha value is -0.830. The van der Waals surface area contributed by atoms with E-state index in [1.807, 2.05) is 19.2 Å². The molecule has 0 spiro atoms. The van der Waals surface area contributed by atoms with Gasteiger partial charge in [-0.2, -0.15) is 0 Å². The molecule has 1 aromatic rings. The largest absolute Gasteiger partial charge is 0.465 e. The summed E-state index contributed by atoms with van der Waals surface area (Å²) in [6, 6.07) is 0. The van der Waals surface area contributed by atoms with Crippen molar-refractivity contribution in [3.8, 4) is 0 Å². The van der Waals surface area contributed by atoms with Crippen LogP contribution in [0.3, 0.4) is 0 Å². The van der Waals surface area contributed by atoms with Crippen molar-refractivity contribution in [3.05, 3.63) is 21.4 Å². The fraction of sp³-hybridized carbons (Fsp3) is 0.444. The molecule has 2 nitrogen and oxygen atoms in total. The number of hydrogen-bond acceptors (Lipinski definition) is 3. The lowest BCUT2D eigenvalue weighted by molar-refractivity contribution is 0.0605. The molecule has 0 N–H and O–H groups in total. The van der Waals surface area contributed by atoms with Crippen LogP contribution in [0.15, 0.2) is 5.38 Å². The Morgan fingerprint density at radius 3 is 2.83 bits per heavy atom. The van der Waals surface area contributed by atoms with Crippen LogP contribution in [0.25, 0.3) is 0 Å². The molecule has 3 heteroatoms. The first kappa shape index (κ1) is 9.26. The predicted octanol–water partition coefficient (Wildman–Crippen LogP) is 2.41. The van der Waals surface area contributed by atoms with Gasteiger partial charge in [-0.25, -0.2) is 4.79 Å². The van der Waals surface area contributed by atoms with Crippen molar-refractivity contribution < 1.29 is 9.53 Å². The van der Waals surface area contributed by atoms with Crippen molar-refractivity contribution >= 4 is 17.3 Å². The molecule has 0 aromatic carbocycles. The first-order valence-electron chi connectivity index (χ1n) is 3.86. The highest BCUT2D eigenvalue weighted by Gasteiger charge is 2.14. The summed E-state index contributed by atoms with van der Waals surface area (Å²) in [5.41, 5.74) is 2.30. The molecule has 0 saturated heterocycles. The van der Waals surface area contributed by atoms with E-state index >= 15 is 0 Å². The van der Waals surface area contributed by atoms with E-state index in [0.29, 0.717) is 0 Å². The van der Waals surface area contributed by atoms with Gasteiger partial charge in [0.05, 0.1) is 7.11 Å². The number of esters is 1. The van der Waals surface area contributed by atoms with E-state index in [-0.39, 0.29) is 5.97 Å². The Balaban J connectivity index is 3.07. The van der Waals surface area contributed by atoms with Crippen LogP contribution in [0.4, 0.5) is 0 Å². The van der Waals surface area contributed by atoms with Crippen LogP contribution in [0.5, 0.6) is 0 Å². The standard InChI is InChI=1S/C9H12O2S/c1-4-7-6(2)5-12-8(7)9(10)11-3/h5H,4H2,1-3H3. The normalized spacial score (nSPS) is 9.92. The van der Waals surface area contributed by atoms with Gasteiger partial charge in [0, 0.05) is 0 Å². The maximum Gasteiger partial charge on any atom is 0.348 e. The Kier molecular flexibility index (Phi) is 2.87. The predicted molar refractivity (Wildman–Crippen MR) is 49.8 cm³/mol. The van der Waals surface area contributed by atoms with Gasteiger partial charge in [-0.15, -0.1) is 11.3 Å². The molecule has 0 aliphatic rings. The Morgan fingerprint density at radius 1 is 1.67 bits per heavy atom. The smallest absolute Gasteiger partial charge is 0.348 e. The van der Waals surface area contributed by atoms with Gasteiger partial charge in [0.25, 0.3) is 0 Å². The number of ether oxygens (including phenoxy) is 1. The van der Waals surface area contributed by atoms with Crippen molar-refractivity contribution in [3.63, 3.8) is 0 Å². The third-order valence-electron chi connectivity index (χ3n) is 1.83. The molecule has 0 atom stereocenters. The molecule has 0 radical (unpaired) electrons. The zero-order valence-electron chi connectivity index (χ0n) is 7.51. The Morgan fingerprint density at radius 2 is 2.33 bits per heavy atom. The van der Waals surface area contributed by atoms with Crippen molar-refractivity contribution in [2.45, 2.75) is 20.3 Å². The summed E-state index contributed by atoms with van der Waals surface area (Å²) in [6.07, 6.45) is 0.889. The van der Waals surface area contributed by atoms with Gasteiger partial charge < -0.3 is 4.74 Å². The number of rotatable bonds is 2. The molecule has 0 aliphatic carbocycles. The lowest BCUT2D eigenvalue weighted by Crippen LogP contribution is -2.01. The fourth-order valence-corrected chi connectivity index (χ4v) is 2.24. The maximum absolute atomic E-state index is 11.2. The molecule has 0 bridgehead atoms. The van der Waals surface area contributed by atoms with E-state index in [1.165, 1.54) is 24.0 Å². The lowest BCUT2D eigenvalue weighted by atomic mass is 10.1. The van der Waals surface area contributed by atoms with Crippen molar-refractivity contribution in [1.29, 1.82) is 0 Å². The second-order valence-electron chi connectivity index (χ2n) is 2.57. The molecule has 66 valence electrons. The van der Waals surface area contributed by atoms with Crippen LogP contribution in [-0.2, 0) is 11.2 Å². The molecule has 1 heterocycles. The molecule has 0 fully saturated rings. The lowest BCUT2D eigenvalue weighted by Gasteiger charge is -1.99. The van der Waals surface area contributed by atoms with E-state index in [9.17, 15) is 4.79 Å². The third-order valence-corrected chi connectivity index (χ3v) is 2.95. The fourth-order valence-electron chi connectivity index (χ4n) is 1.17. The summed E-state index contributed by atoms with van der Waals surface area (Å²) in [7, 11) is 1.41. The average molecular weight is 184 g/mol. The number of carbonyl (C=O) groups excluding carboxylic acids is 1. The van der Waals surface area contributed by atoms with Crippen LogP contribution >= 0.6 is 11.3 Å². The van der Waals surface area contributed by atoms with E-state index in [2.05, 4.69) is 4.74 Å². The SMILES string of the molecule is CCc1c(C)csc1C(=O)OC. The van der Waals surface area contributed by atoms with E-state index in [0.717, 1.165) is 16.9 Å². The maximum atomic E-state index is 11.2. The zero-order chi connectivity index (χ0) is 9.14. The monoisotopic (exact) mass is 184 g/mol. The molecule has 0 saturated carbocycles. The number of hydrogen-bond donors (Lipinski definition) is 0. The quantitative estimate of drug-likeness (QED) is 0.660. The number of aryl methyl sites for hydroxylation is 1. The highest BCUT2D eigenvalue weighted by atomic mass is 32.1. The molecule has 1 rings (SSSR count). The molecule has 1 aromatic heterocycles. The first-order valence-corrected chi connectivity index (χ1v) is 4.74. The summed E-state index contributed by atoms with van der Waals surface area (Å²) in [5, 5.41) is 1.99. The van der Waals surface area contributed by atoms with E-state index < -0.39 is 0 Å². The average Bonchev–Trinajstić information content (AvgIpc) is 2.45. The van der Waals surface area contributed by atoms with Gasteiger partial charge in [0.2, 0.25) is 0 Å². The Labute approximate surface area is 76.2 Å². The van der Waals surface area contributed by atoms with Crippen LogP contribution in [0.1, 0.15) is 27.7 Å². The third kappa shape index (κ3) is 1.50. The summed E-state index contributed by atoms with van der Waals surface area (Å²) < 4.78 is 4.66. The molecule has 0 aliphatic heterocycles. The van der Waals surface area contributed by atoms with Gasteiger partial charge in [-0.3, -0.25) is 0 Å². The van der Waals surface area contributed by atoms with Crippen molar-refractivity contribution in [2.24, 2.45) is 0 Å². The minimum Gasteiger partial charge on any atom is -0.465 e. The number of thiophene rings is 1. The van der Waals surface area contributed by atoms with E-state index in [4.69, 9.17) is 0 Å². The molecular weight excluding hydrogens is 172 g/mol. The first-order chi connectivity index (χ1) is 5.70. The number of methoxy groups -OCH3 is 1. The second kappa shape index (κ2) is 3.72. The van der Waals surface area contributed by atoms with Gasteiger partial charge in [-0.05, 0) is 29.9 Å². The van der Waals surface area contributed by atoms with Gasteiger partial charge in [-0.1, -0.05) is 6.92 Å². The Bertz CT molecular complexity index is 289. The second-order valence-corrected chi connectivity index (χ2v) is 3.45. The highest BCUT2D eigenvalue weighted by Crippen LogP contribution is 2.22. The highest BCUT2D eigenvalue weighted by molar-refractivity contribution is 7.12. The van der Waals surface area contributed by atoms with Gasteiger partial charge >= 0.3 is 5.97 Å². The summed E-state index contributed by atoms with van der Waals surface area (Å²) in [4.78, 5) is 11.9. The van der Waals surface area contributed by atoms with E-state index in [1.54, 1.807) is 0 Å². The van der Waals surface area contributed by atoms with Gasteiger partial charge in [0.1, 0.15) is 4.88 Å². The minimum atomic E-state index is -0.218. The number of carbonyl (C=O) groups is 1. The van der Waals surface area contributed by atoms with Crippen LogP contribution in [0.2, 0.25) is 0 Å². The van der Waals surface area contributed by atoms with Crippen LogP contribution in [-0.4, -0.2) is 13.1 Å². The molecule has 0 amide bonds. The summed E-state index contributed by atoms with van der Waals surface area (Å²) in [5.74, 6) is -0.218. The summed E-state index contributed by atoms with van der Waals surface area (Å²) in [6.45, 7) is 4.06. The van der Waals surface area contributed by atoms with Crippen molar-refractivity contribution in [2.75, 3.05) is 7.11 Å². The van der Waals surface area contributed by atoms with Gasteiger partial charge in [0.15, 0.2) is 0 Å². The molecule has 0 unspecified atom stereocenters. The zero-order valence-corrected chi connectivity index (χ0v) is 8.33. The molecular formula is C9H12O2S.